The highest BCUT2D eigenvalue weighted by Gasteiger charge is 2.12. The van der Waals surface area contributed by atoms with Gasteiger partial charge in [-0.1, -0.05) is 48.9 Å². The SMILES string of the molecule is CCc1ccc(C(Cl)c2ccc(Cl)c(F)c2)cc1. The predicted molar refractivity (Wildman–Crippen MR) is 74.9 cm³/mol. The molecule has 2 rings (SSSR count). The Hall–Kier alpha value is -1.05. The molecule has 94 valence electrons. The molecule has 1 unspecified atom stereocenters. The van der Waals surface area contributed by atoms with Crippen LogP contribution in [0.1, 0.15) is 29.0 Å². The monoisotopic (exact) mass is 282 g/mol. The number of aryl methyl sites for hydroxylation is 1. The van der Waals surface area contributed by atoms with Crippen molar-refractivity contribution in [1.82, 2.24) is 0 Å². The Morgan fingerprint density at radius 1 is 1.06 bits per heavy atom. The van der Waals surface area contributed by atoms with Crippen LogP contribution in [0.2, 0.25) is 5.02 Å². The second kappa shape index (κ2) is 5.73. The van der Waals surface area contributed by atoms with Crippen LogP contribution >= 0.6 is 23.2 Å². The van der Waals surface area contributed by atoms with Gasteiger partial charge in [-0.3, -0.25) is 0 Å². The van der Waals surface area contributed by atoms with Crippen molar-refractivity contribution < 1.29 is 4.39 Å². The molecule has 0 aliphatic rings. The van der Waals surface area contributed by atoms with E-state index in [9.17, 15) is 4.39 Å². The molecule has 0 aliphatic carbocycles. The van der Waals surface area contributed by atoms with Crippen molar-refractivity contribution in [2.75, 3.05) is 0 Å². The molecule has 3 heteroatoms. The summed E-state index contributed by atoms with van der Waals surface area (Å²) in [6.07, 6.45) is 0.989. The molecule has 2 aromatic carbocycles. The molecule has 0 fully saturated rings. The van der Waals surface area contributed by atoms with Gasteiger partial charge in [0.25, 0.3) is 0 Å². The maximum absolute atomic E-state index is 13.4. The summed E-state index contributed by atoms with van der Waals surface area (Å²) in [5.74, 6) is -0.440. The fraction of sp³-hybridized carbons (Fsp3) is 0.200. The van der Waals surface area contributed by atoms with Crippen molar-refractivity contribution in [2.24, 2.45) is 0 Å². The minimum Gasteiger partial charge on any atom is -0.205 e. The molecule has 18 heavy (non-hydrogen) atoms. The third-order valence-electron chi connectivity index (χ3n) is 2.92. The van der Waals surface area contributed by atoms with Gasteiger partial charge in [-0.25, -0.2) is 4.39 Å². The first-order valence-corrected chi connectivity index (χ1v) is 6.61. The van der Waals surface area contributed by atoms with Crippen LogP contribution in [-0.4, -0.2) is 0 Å². The zero-order valence-electron chi connectivity index (χ0n) is 9.96. The van der Waals surface area contributed by atoms with Crippen molar-refractivity contribution >= 4 is 23.2 Å². The van der Waals surface area contributed by atoms with Gasteiger partial charge in [-0.2, -0.15) is 0 Å². The smallest absolute Gasteiger partial charge is 0.142 e. The Morgan fingerprint density at radius 3 is 2.22 bits per heavy atom. The average molecular weight is 283 g/mol. The lowest BCUT2D eigenvalue weighted by molar-refractivity contribution is 0.626. The van der Waals surface area contributed by atoms with Gasteiger partial charge >= 0.3 is 0 Å². The van der Waals surface area contributed by atoms with E-state index in [2.05, 4.69) is 6.92 Å². The summed E-state index contributed by atoms with van der Waals surface area (Å²) >= 11 is 12.0. The third-order valence-corrected chi connectivity index (χ3v) is 3.73. The Balaban J connectivity index is 2.28. The van der Waals surface area contributed by atoms with E-state index in [-0.39, 0.29) is 10.4 Å². The maximum atomic E-state index is 13.4. The van der Waals surface area contributed by atoms with Crippen molar-refractivity contribution in [3.8, 4) is 0 Å². The average Bonchev–Trinajstić information content (AvgIpc) is 2.41. The Labute approximate surface area is 116 Å². The van der Waals surface area contributed by atoms with E-state index in [4.69, 9.17) is 23.2 Å². The van der Waals surface area contributed by atoms with Crippen molar-refractivity contribution in [1.29, 1.82) is 0 Å². The molecule has 0 nitrogen and oxygen atoms in total. The summed E-state index contributed by atoms with van der Waals surface area (Å²) in [7, 11) is 0. The summed E-state index contributed by atoms with van der Waals surface area (Å²) in [5.41, 5.74) is 2.92. The number of alkyl halides is 1. The number of hydrogen-bond donors (Lipinski definition) is 0. The molecule has 0 heterocycles. The fourth-order valence-electron chi connectivity index (χ4n) is 1.78. The molecule has 0 aromatic heterocycles. The van der Waals surface area contributed by atoms with E-state index >= 15 is 0 Å². The summed E-state index contributed by atoms with van der Waals surface area (Å²) in [4.78, 5) is 0. The van der Waals surface area contributed by atoms with Crippen LogP contribution in [-0.2, 0) is 6.42 Å². The van der Waals surface area contributed by atoms with Crippen LogP contribution in [0.25, 0.3) is 0 Å². The van der Waals surface area contributed by atoms with Gasteiger partial charge in [0.2, 0.25) is 0 Å². The van der Waals surface area contributed by atoms with E-state index in [0.717, 1.165) is 12.0 Å². The summed E-state index contributed by atoms with van der Waals surface area (Å²) in [6.45, 7) is 2.10. The van der Waals surface area contributed by atoms with Crippen LogP contribution in [0, 0.1) is 5.82 Å². The minimum atomic E-state index is -0.440. The van der Waals surface area contributed by atoms with Crippen LogP contribution in [0.15, 0.2) is 42.5 Å². The van der Waals surface area contributed by atoms with E-state index < -0.39 is 5.82 Å². The van der Waals surface area contributed by atoms with Crippen molar-refractivity contribution in [3.63, 3.8) is 0 Å². The minimum absolute atomic E-state index is 0.115. The van der Waals surface area contributed by atoms with Gasteiger partial charge in [0, 0.05) is 0 Å². The highest BCUT2D eigenvalue weighted by molar-refractivity contribution is 6.30. The normalized spacial score (nSPS) is 12.4. The van der Waals surface area contributed by atoms with Crippen molar-refractivity contribution in [3.05, 3.63) is 70.0 Å². The molecule has 0 amide bonds. The molecule has 0 saturated carbocycles. The highest BCUT2D eigenvalue weighted by atomic mass is 35.5. The number of hydrogen-bond acceptors (Lipinski definition) is 0. The highest BCUT2D eigenvalue weighted by Crippen LogP contribution is 2.30. The first-order chi connectivity index (χ1) is 8.61. The van der Waals surface area contributed by atoms with Crippen LogP contribution in [0.5, 0.6) is 0 Å². The van der Waals surface area contributed by atoms with Crippen LogP contribution in [0.4, 0.5) is 4.39 Å². The van der Waals surface area contributed by atoms with Crippen LogP contribution < -0.4 is 0 Å². The topological polar surface area (TPSA) is 0 Å². The standard InChI is InChI=1S/C15H13Cl2F/c1-2-10-3-5-11(6-4-10)15(17)12-7-8-13(16)14(18)9-12/h3-9,15H,2H2,1H3. The molecule has 2 aromatic rings. The first-order valence-electron chi connectivity index (χ1n) is 5.79. The second-order valence-electron chi connectivity index (χ2n) is 4.13. The molecular weight excluding hydrogens is 270 g/mol. The fourth-order valence-corrected chi connectivity index (χ4v) is 2.18. The van der Waals surface area contributed by atoms with Gasteiger partial charge in [-0.15, -0.1) is 11.6 Å². The maximum Gasteiger partial charge on any atom is 0.142 e. The second-order valence-corrected chi connectivity index (χ2v) is 4.97. The summed E-state index contributed by atoms with van der Waals surface area (Å²) in [5, 5.41) is -0.244. The zero-order chi connectivity index (χ0) is 13.1. The molecule has 0 bridgehead atoms. The van der Waals surface area contributed by atoms with Gasteiger partial charge in [0.05, 0.1) is 10.4 Å². The lowest BCUT2D eigenvalue weighted by Gasteiger charge is -2.11. The predicted octanol–water partition coefficient (Wildman–Crippen LogP) is 5.37. The number of rotatable bonds is 3. The molecule has 0 radical (unpaired) electrons. The molecular formula is C15H13Cl2F. The number of benzene rings is 2. The third kappa shape index (κ3) is 2.85. The number of halogens is 3. The summed E-state index contributed by atoms with van der Waals surface area (Å²) < 4.78 is 13.4. The van der Waals surface area contributed by atoms with E-state index in [1.165, 1.54) is 17.7 Å². The van der Waals surface area contributed by atoms with Gasteiger partial charge in [0.15, 0.2) is 0 Å². The molecule has 0 aliphatic heterocycles. The van der Waals surface area contributed by atoms with E-state index in [1.807, 2.05) is 24.3 Å². The van der Waals surface area contributed by atoms with Crippen LogP contribution in [0.3, 0.4) is 0 Å². The van der Waals surface area contributed by atoms with Gasteiger partial charge in [0.1, 0.15) is 5.82 Å². The Morgan fingerprint density at radius 2 is 1.67 bits per heavy atom. The molecule has 0 N–H and O–H groups in total. The first kappa shape index (κ1) is 13.4. The quantitative estimate of drug-likeness (QED) is 0.664. The largest absolute Gasteiger partial charge is 0.205 e. The molecule has 1 atom stereocenters. The Kier molecular flexibility index (Phi) is 4.26. The molecule has 0 saturated heterocycles. The lowest BCUT2D eigenvalue weighted by atomic mass is 10.0. The van der Waals surface area contributed by atoms with Gasteiger partial charge in [-0.05, 0) is 35.2 Å². The zero-order valence-corrected chi connectivity index (χ0v) is 11.5. The van der Waals surface area contributed by atoms with Gasteiger partial charge < -0.3 is 0 Å². The van der Waals surface area contributed by atoms with E-state index in [1.54, 1.807) is 6.07 Å². The van der Waals surface area contributed by atoms with Crippen molar-refractivity contribution in [2.45, 2.75) is 18.7 Å². The Bertz CT molecular complexity index is 535. The summed E-state index contributed by atoms with van der Waals surface area (Å²) in [6, 6.07) is 12.7. The molecule has 0 spiro atoms. The van der Waals surface area contributed by atoms with E-state index in [0.29, 0.717) is 5.56 Å². The lowest BCUT2D eigenvalue weighted by Crippen LogP contribution is -1.95.